The molecule has 0 aliphatic rings. The van der Waals surface area contributed by atoms with E-state index in [1.165, 1.54) is 0 Å². The molecule has 0 aliphatic heterocycles. The van der Waals surface area contributed by atoms with Crippen molar-refractivity contribution in [1.29, 1.82) is 0 Å². The number of carboxylic acid groups (broad SMARTS) is 1. The smallest absolute Gasteiger partial charge is 0.310 e. The molecule has 1 heterocycles. The summed E-state index contributed by atoms with van der Waals surface area (Å²) in [7, 11) is 0. The van der Waals surface area contributed by atoms with Gasteiger partial charge in [0.25, 0.3) is 0 Å². The van der Waals surface area contributed by atoms with Crippen LogP contribution in [0.3, 0.4) is 0 Å². The van der Waals surface area contributed by atoms with E-state index in [1.54, 1.807) is 19.2 Å². The highest BCUT2D eigenvalue weighted by Gasteiger charge is 2.16. The summed E-state index contributed by atoms with van der Waals surface area (Å²) in [6.45, 7) is 5.47. The Morgan fingerprint density at radius 1 is 1.54 bits per heavy atom. The first-order valence-electron chi connectivity index (χ1n) is 4.19. The van der Waals surface area contributed by atoms with Crippen LogP contribution in [0, 0.1) is 13.8 Å². The largest absolute Gasteiger partial charge is 0.481 e. The maximum atomic E-state index is 10.7. The van der Waals surface area contributed by atoms with Gasteiger partial charge in [0.15, 0.2) is 0 Å². The van der Waals surface area contributed by atoms with Crippen molar-refractivity contribution < 1.29 is 9.90 Å². The number of aryl methyl sites for hydroxylation is 1. The Bertz CT molecular complexity index is 334. The number of aliphatic carboxylic acids is 1. The topological polar surface area (TPSA) is 50.2 Å². The lowest BCUT2D eigenvalue weighted by Crippen LogP contribution is -2.09. The third-order valence-electron chi connectivity index (χ3n) is 2.33. The monoisotopic (exact) mass is 179 g/mol. The van der Waals surface area contributed by atoms with Crippen molar-refractivity contribution in [3.8, 4) is 0 Å². The van der Waals surface area contributed by atoms with E-state index >= 15 is 0 Å². The molecule has 0 amide bonds. The van der Waals surface area contributed by atoms with E-state index in [2.05, 4.69) is 4.98 Å². The maximum absolute atomic E-state index is 10.7. The lowest BCUT2D eigenvalue weighted by Gasteiger charge is -2.10. The second kappa shape index (κ2) is 3.56. The number of hydrogen-bond acceptors (Lipinski definition) is 2. The van der Waals surface area contributed by atoms with Gasteiger partial charge in [-0.05, 0) is 38.0 Å². The van der Waals surface area contributed by atoms with Crippen LogP contribution in [-0.2, 0) is 4.79 Å². The van der Waals surface area contributed by atoms with Gasteiger partial charge in [-0.25, -0.2) is 0 Å². The summed E-state index contributed by atoms with van der Waals surface area (Å²) in [5, 5.41) is 8.83. The second-order valence-electron chi connectivity index (χ2n) is 3.17. The van der Waals surface area contributed by atoms with Gasteiger partial charge in [0.1, 0.15) is 0 Å². The number of pyridine rings is 1. The van der Waals surface area contributed by atoms with E-state index in [0.29, 0.717) is 0 Å². The number of aromatic nitrogens is 1. The molecule has 3 nitrogen and oxygen atoms in total. The maximum Gasteiger partial charge on any atom is 0.310 e. The van der Waals surface area contributed by atoms with Crippen LogP contribution in [0.1, 0.15) is 29.7 Å². The summed E-state index contributed by atoms with van der Waals surface area (Å²) < 4.78 is 0. The number of carboxylic acids is 1. The van der Waals surface area contributed by atoms with Crippen LogP contribution in [-0.4, -0.2) is 16.1 Å². The summed E-state index contributed by atoms with van der Waals surface area (Å²) in [5.41, 5.74) is 2.71. The van der Waals surface area contributed by atoms with Crippen molar-refractivity contribution in [2.75, 3.05) is 0 Å². The quantitative estimate of drug-likeness (QED) is 0.754. The fourth-order valence-electron chi connectivity index (χ4n) is 1.26. The minimum Gasteiger partial charge on any atom is -0.481 e. The van der Waals surface area contributed by atoms with Crippen LogP contribution >= 0.6 is 0 Å². The van der Waals surface area contributed by atoms with Gasteiger partial charge in [-0.15, -0.1) is 0 Å². The molecule has 1 unspecified atom stereocenters. The van der Waals surface area contributed by atoms with Crippen molar-refractivity contribution in [2.45, 2.75) is 26.7 Å². The van der Waals surface area contributed by atoms with E-state index in [9.17, 15) is 4.79 Å². The van der Waals surface area contributed by atoms with Gasteiger partial charge in [0, 0.05) is 11.9 Å². The minimum absolute atomic E-state index is 0.457. The third kappa shape index (κ3) is 1.86. The van der Waals surface area contributed by atoms with E-state index in [0.717, 1.165) is 16.8 Å². The number of rotatable bonds is 2. The Balaban J connectivity index is 3.15. The summed E-state index contributed by atoms with van der Waals surface area (Å²) in [6.07, 6.45) is 1.65. The number of hydrogen-bond donors (Lipinski definition) is 1. The van der Waals surface area contributed by atoms with E-state index in [1.807, 2.05) is 13.8 Å². The van der Waals surface area contributed by atoms with Gasteiger partial charge in [-0.3, -0.25) is 9.78 Å². The third-order valence-corrected chi connectivity index (χ3v) is 2.33. The highest BCUT2D eigenvalue weighted by molar-refractivity contribution is 5.76. The Kier molecular flexibility index (Phi) is 2.66. The zero-order valence-corrected chi connectivity index (χ0v) is 8.03. The Labute approximate surface area is 77.4 Å². The molecular formula is C10H13NO2. The molecule has 0 saturated heterocycles. The molecule has 1 atom stereocenters. The standard InChI is InChI=1S/C10H13NO2/c1-6-8(3)11-5-4-9(6)7(2)10(12)13/h4-5,7H,1-3H3,(H,12,13). The van der Waals surface area contributed by atoms with Crippen LogP contribution in [0.5, 0.6) is 0 Å². The van der Waals surface area contributed by atoms with Crippen LogP contribution in [0.2, 0.25) is 0 Å². The zero-order chi connectivity index (χ0) is 10.0. The van der Waals surface area contributed by atoms with Gasteiger partial charge in [0.2, 0.25) is 0 Å². The Hall–Kier alpha value is -1.38. The predicted molar refractivity (Wildman–Crippen MR) is 49.8 cm³/mol. The second-order valence-corrected chi connectivity index (χ2v) is 3.17. The van der Waals surface area contributed by atoms with Gasteiger partial charge >= 0.3 is 5.97 Å². The predicted octanol–water partition coefficient (Wildman–Crippen LogP) is 1.89. The Morgan fingerprint density at radius 3 is 2.69 bits per heavy atom. The fraction of sp³-hybridized carbons (Fsp3) is 0.400. The van der Waals surface area contributed by atoms with Crippen molar-refractivity contribution in [1.82, 2.24) is 4.98 Å². The van der Waals surface area contributed by atoms with Gasteiger partial charge in [-0.1, -0.05) is 0 Å². The SMILES string of the molecule is Cc1nccc(C(C)C(=O)O)c1C. The van der Waals surface area contributed by atoms with Crippen molar-refractivity contribution in [3.05, 3.63) is 29.1 Å². The van der Waals surface area contributed by atoms with Gasteiger partial charge in [-0.2, -0.15) is 0 Å². The van der Waals surface area contributed by atoms with E-state index in [-0.39, 0.29) is 0 Å². The summed E-state index contributed by atoms with van der Waals surface area (Å²) in [5.74, 6) is -1.25. The normalized spacial score (nSPS) is 12.5. The van der Waals surface area contributed by atoms with Gasteiger partial charge in [0.05, 0.1) is 5.92 Å². The molecule has 70 valence electrons. The summed E-state index contributed by atoms with van der Waals surface area (Å²) >= 11 is 0. The molecule has 1 N–H and O–H groups in total. The summed E-state index contributed by atoms with van der Waals surface area (Å²) in [6, 6.07) is 1.76. The molecule has 13 heavy (non-hydrogen) atoms. The minimum atomic E-state index is -0.797. The number of carbonyl (C=O) groups is 1. The molecule has 0 aliphatic carbocycles. The average molecular weight is 179 g/mol. The van der Waals surface area contributed by atoms with Gasteiger partial charge < -0.3 is 5.11 Å². The van der Waals surface area contributed by atoms with Crippen molar-refractivity contribution in [2.24, 2.45) is 0 Å². The van der Waals surface area contributed by atoms with Crippen molar-refractivity contribution in [3.63, 3.8) is 0 Å². The van der Waals surface area contributed by atoms with E-state index < -0.39 is 11.9 Å². The zero-order valence-electron chi connectivity index (χ0n) is 8.03. The molecular weight excluding hydrogens is 166 g/mol. The highest BCUT2D eigenvalue weighted by atomic mass is 16.4. The van der Waals surface area contributed by atoms with Crippen molar-refractivity contribution >= 4 is 5.97 Å². The highest BCUT2D eigenvalue weighted by Crippen LogP contribution is 2.20. The molecule has 0 spiro atoms. The first kappa shape index (κ1) is 9.71. The Morgan fingerprint density at radius 2 is 2.15 bits per heavy atom. The van der Waals surface area contributed by atoms with Crippen LogP contribution in [0.25, 0.3) is 0 Å². The molecule has 0 fully saturated rings. The average Bonchev–Trinajstić information content (AvgIpc) is 2.08. The lowest BCUT2D eigenvalue weighted by molar-refractivity contribution is -0.138. The molecule has 0 radical (unpaired) electrons. The van der Waals surface area contributed by atoms with Crippen LogP contribution < -0.4 is 0 Å². The summed E-state index contributed by atoms with van der Waals surface area (Å²) in [4.78, 5) is 14.8. The molecule has 0 bridgehead atoms. The molecule has 1 aromatic rings. The van der Waals surface area contributed by atoms with Crippen LogP contribution in [0.15, 0.2) is 12.3 Å². The van der Waals surface area contributed by atoms with Crippen LogP contribution in [0.4, 0.5) is 0 Å². The first-order chi connectivity index (χ1) is 6.04. The van der Waals surface area contributed by atoms with E-state index in [4.69, 9.17) is 5.11 Å². The first-order valence-corrected chi connectivity index (χ1v) is 4.19. The number of nitrogens with zero attached hydrogens (tertiary/aromatic N) is 1. The lowest BCUT2D eigenvalue weighted by atomic mass is 9.97. The molecule has 0 aromatic carbocycles. The molecule has 3 heteroatoms. The molecule has 1 aromatic heterocycles. The molecule has 1 rings (SSSR count). The fourth-order valence-corrected chi connectivity index (χ4v) is 1.26. The molecule has 0 saturated carbocycles.